The number of hydrogen-bond donors (Lipinski definition) is 1. The van der Waals surface area contributed by atoms with Gasteiger partial charge in [-0.25, -0.2) is 4.98 Å². The van der Waals surface area contributed by atoms with E-state index in [9.17, 15) is 10.1 Å². The van der Waals surface area contributed by atoms with Gasteiger partial charge in [0.15, 0.2) is 0 Å². The average molecular weight is 276 g/mol. The molecule has 0 saturated carbocycles. The Morgan fingerprint density at radius 3 is 3.00 bits per heavy atom. The molecule has 5 nitrogen and oxygen atoms in total. The second-order valence-corrected chi connectivity index (χ2v) is 3.81. The first-order valence-electron chi connectivity index (χ1n) is 3.56. The SMILES string of the molecule is O=[N+]([O-])c1c[nH]c2ncc(Br)c(Cl)c12. The van der Waals surface area contributed by atoms with Crippen LogP contribution in [-0.4, -0.2) is 14.9 Å². The lowest BCUT2D eigenvalue weighted by atomic mass is 10.3. The summed E-state index contributed by atoms with van der Waals surface area (Å²) in [5, 5.41) is 11.2. The van der Waals surface area contributed by atoms with Crippen LogP contribution < -0.4 is 0 Å². The lowest BCUT2D eigenvalue weighted by Crippen LogP contribution is -1.86. The number of aromatic nitrogens is 2. The van der Waals surface area contributed by atoms with Crippen LogP contribution in [-0.2, 0) is 0 Å². The monoisotopic (exact) mass is 275 g/mol. The van der Waals surface area contributed by atoms with Crippen molar-refractivity contribution >= 4 is 44.3 Å². The Hall–Kier alpha value is -1.14. The van der Waals surface area contributed by atoms with E-state index in [0.717, 1.165) is 0 Å². The average Bonchev–Trinajstić information content (AvgIpc) is 2.55. The molecule has 0 aliphatic rings. The van der Waals surface area contributed by atoms with E-state index in [1.807, 2.05) is 0 Å². The summed E-state index contributed by atoms with van der Waals surface area (Å²) in [6, 6.07) is 0. The van der Waals surface area contributed by atoms with Gasteiger partial charge < -0.3 is 4.98 Å². The number of nitro groups is 1. The van der Waals surface area contributed by atoms with E-state index >= 15 is 0 Å². The molecule has 2 aromatic rings. The van der Waals surface area contributed by atoms with E-state index < -0.39 is 4.92 Å². The van der Waals surface area contributed by atoms with Gasteiger partial charge in [-0.15, -0.1) is 0 Å². The molecule has 0 saturated heterocycles. The van der Waals surface area contributed by atoms with Crippen molar-refractivity contribution in [3.05, 3.63) is 32.0 Å². The molecule has 0 unspecified atom stereocenters. The second-order valence-electron chi connectivity index (χ2n) is 2.57. The van der Waals surface area contributed by atoms with E-state index in [4.69, 9.17) is 11.6 Å². The molecule has 0 atom stereocenters. The molecule has 0 aliphatic heterocycles. The van der Waals surface area contributed by atoms with Gasteiger partial charge in [0.1, 0.15) is 11.0 Å². The third-order valence-electron chi connectivity index (χ3n) is 1.77. The van der Waals surface area contributed by atoms with Gasteiger partial charge in [0.05, 0.1) is 20.6 Å². The molecule has 2 rings (SSSR count). The number of H-pyrrole nitrogens is 1. The summed E-state index contributed by atoms with van der Waals surface area (Å²) in [4.78, 5) is 16.8. The van der Waals surface area contributed by atoms with Gasteiger partial charge in [0.2, 0.25) is 0 Å². The zero-order chi connectivity index (χ0) is 10.3. The summed E-state index contributed by atoms with van der Waals surface area (Å²) < 4.78 is 0.536. The van der Waals surface area contributed by atoms with Crippen molar-refractivity contribution in [2.45, 2.75) is 0 Å². The minimum absolute atomic E-state index is 0.0706. The van der Waals surface area contributed by atoms with Crippen LogP contribution in [0, 0.1) is 10.1 Å². The summed E-state index contributed by atoms with van der Waals surface area (Å²) in [7, 11) is 0. The number of pyridine rings is 1. The van der Waals surface area contributed by atoms with Crippen LogP contribution in [0.3, 0.4) is 0 Å². The molecule has 14 heavy (non-hydrogen) atoms. The number of hydrogen-bond acceptors (Lipinski definition) is 3. The van der Waals surface area contributed by atoms with E-state index in [1.165, 1.54) is 12.4 Å². The van der Waals surface area contributed by atoms with Crippen molar-refractivity contribution < 1.29 is 4.92 Å². The Bertz CT molecular complexity index is 525. The van der Waals surface area contributed by atoms with E-state index in [1.54, 1.807) is 0 Å². The Morgan fingerprint density at radius 2 is 2.36 bits per heavy atom. The Kier molecular flexibility index (Phi) is 2.16. The number of halogens is 2. The van der Waals surface area contributed by atoms with Crippen LogP contribution in [0.25, 0.3) is 11.0 Å². The van der Waals surface area contributed by atoms with Crippen LogP contribution in [0.15, 0.2) is 16.9 Å². The predicted octanol–water partition coefficient (Wildman–Crippen LogP) is 2.89. The maximum atomic E-state index is 10.6. The minimum Gasteiger partial charge on any atom is -0.340 e. The fourth-order valence-corrected chi connectivity index (χ4v) is 1.70. The largest absolute Gasteiger partial charge is 0.340 e. The van der Waals surface area contributed by atoms with Gasteiger partial charge in [-0.1, -0.05) is 11.6 Å². The molecule has 0 amide bonds. The number of rotatable bonds is 1. The molecule has 0 radical (unpaired) electrons. The Balaban J connectivity index is 2.89. The zero-order valence-corrected chi connectivity index (χ0v) is 8.96. The van der Waals surface area contributed by atoms with Crippen LogP contribution in [0.4, 0.5) is 5.69 Å². The lowest BCUT2D eigenvalue weighted by molar-refractivity contribution is -0.383. The standard InChI is InChI=1S/C7H3BrClN3O2/c8-3-1-10-7-5(6(3)9)4(2-11-7)12(13)14/h1-2H,(H,10,11). The minimum atomic E-state index is -0.501. The molecule has 0 aliphatic carbocycles. The van der Waals surface area contributed by atoms with Crippen molar-refractivity contribution in [2.24, 2.45) is 0 Å². The van der Waals surface area contributed by atoms with Gasteiger partial charge >= 0.3 is 0 Å². The van der Waals surface area contributed by atoms with Crippen molar-refractivity contribution in [1.82, 2.24) is 9.97 Å². The van der Waals surface area contributed by atoms with Crippen molar-refractivity contribution in [3.8, 4) is 0 Å². The second kappa shape index (κ2) is 3.21. The molecule has 1 N–H and O–H groups in total. The lowest BCUT2D eigenvalue weighted by Gasteiger charge is -1.95. The molecular weight excluding hydrogens is 273 g/mol. The normalized spacial score (nSPS) is 10.7. The number of fused-ring (bicyclic) bond motifs is 1. The number of aromatic amines is 1. The summed E-state index contributed by atoms with van der Waals surface area (Å²) >= 11 is 9.06. The van der Waals surface area contributed by atoms with E-state index in [2.05, 4.69) is 25.9 Å². The molecule has 0 aromatic carbocycles. The molecule has 0 fully saturated rings. The quantitative estimate of drug-likeness (QED) is 0.643. The highest BCUT2D eigenvalue weighted by Gasteiger charge is 2.19. The van der Waals surface area contributed by atoms with Gasteiger partial charge in [-0.3, -0.25) is 10.1 Å². The van der Waals surface area contributed by atoms with Crippen molar-refractivity contribution in [2.75, 3.05) is 0 Å². The van der Waals surface area contributed by atoms with Gasteiger partial charge in [-0.05, 0) is 15.9 Å². The highest BCUT2D eigenvalue weighted by Crippen LogP contribution is 2.35. The summed E-state index contributed by atoms with van der Waals surface area (Å²) in [6.07, 6.45) is 2.76. The summed E-state index contributed by atoms with van der Waals surface area (Å²) in [5.74, 6) is 0. The Labute approximate surface area is 91.4 Å². The first kappa shape index (κ1) is 9.42. The smallest absolute Gasteiger partial charge is 0.297 e. The maximum absolute atomic E-state index is 10.6. The zero-order valence-electron chi connectivity index (χ0n) is 6.62. The Morgan fingerprint density at radius 1 is 1.64 bits per heavy atom. The maximum Gasteiger partial charge on any atom is 0.297 e. The van der Waals surface area contributed by atoms with Gasteiger partial charge in [-0.2, -0.15) is 0 Å². The molecule has 2 heterocycles. The van der Waals surface area contributed by atoms with Crippen LogP contribution in [0.5, 0.6) is 0 Å². The molecule has 72 valence electrons. The van der Waals surface area contributed by atoms with Crippen LogP contribution in [0.1, 0.15) is 0 Å². The summed E-state index contributed by atoms with van der Waals surface area (Å²) in [5.41, 5.74) is 0.337. The van der Waals surface area contributed by atoms with E-state index in [0.29, 0.717) is 20.5 Å². The molecule has 0 spiro atoms. The number of nitrogens with one attached hydrogen (secondary N) is 1. The van der Waals surface area contributed by atoms with Crippen LogP contribution in [0.2, 0.25) is 5.02 Å². The van der Waals surface area contributed by atoms with Crippen molar-refractivity contribution in [3.63, 3.8) is 0 Å². The molecule has 0 bridgehead atoms. The highest BCUT2D eigenvalue weighted by molar-refractivity contribution is 9.10. The predicted molar refractivity (Wildman–Crippen MR) is 55.5 cm³/mol. The topological polar surface area (TPSA) is 71.8 Å². The van der Waals surface area contributed by atoms with Gasteiger partial charge in [0, 0.05) is 6.20 Å². The number of nitrogens with zero attached hydrogens (tertiary/aromatic N) is 2. The molecule has 2 aromatic heterocycles. The van der Waals surface area contributed by atoms with E-state index in [-0.39, 0.29) is 5.69 Å². The first-order chi connectivity index (χ1) is 6.61. The third kappa shape index (κ3) is 1.27. The first-order valence-corrected chi connectivity index (χ1v) is 4.74. The fourth-order valence-electron chi connectivity index (χ4n) is 1.16. The third-order valence-corrected chi connectivity index (χ3v) is 2.99. The molecular formula is C7H3BrClN3O2. The van der Waals surface area contributed by atoms with Gasteiger partial charge in [0.25, 0.3) is 5.69 Å². The summed E-state index contributed by atoms with van der Waals surface area (Å²) in [6.45, 7) is 0. The molecule has 7 heteroatoms. The van der Waals surface area contributed by atoms with Crippen molar-refractivity contribution in [1.29, 1.82) is 0 Å². The van der Waals surface area contributed by atoms with Crippen LogP contribution >= 0.6 is 27.5 Å². The highest BCUT2D eigenvalue weighted by atomic mass is 79.9. The fraction of sp³-hybridized carbons (Fsp3) is 0.